The minimum absolute atomic E-state index is 0.139. The molecule has 0 spiro atoms. The van der Waals surface area contributed by atoms with Crippen LogP contribution in [0.1, 0.15) is 48.5 Å². The molecule has 1 aromatic rings. The Balaban J connectivity index is 2.11. The number of carbonyl (C=O) groups excluding carboxylic acids is 1. The Kier molecular flexibility index (Phi) is 3.90. The molecule has 1 saturated carbocycles. The molecule has 0 aliphatic heterocycles. The molecule has 0 atom stereocenters. The number of aryl methyl sites for hydroxylation is 1. The van der Waals surface area contributed by atoms with E-state index < -0.39 is 5.54 Å². The summed E-state index contributed by atoms with van der Waals surface area (Å²) >= 11 is 0. The molecule has 1 aliphatic rings. The number of rotatable bonds is 2. The van der Waals surface area contributed by atoms with Crippen LogP contribution in [0, 0.1) is 24.2 Å². The summed E-state index contributed by atoms with van der Waals surface area (Å²) in [6, 6.07) is 9.79. The van der Waals surface area contributed by atoms with Gasteiger partial charge in [-0.25, -0.2) is 0 Å². The molecule has 0 radical (unpaired) electrons. The maximum Gasteiger partial charge on any atom is 0.252 e. The number of carbonyl (C=O) groups is 1. The summed E-state index contributed by atoms with van der Waals surface area (Å²) in [6.07, 6.45) is 3.51. The molecule has 2 rings (SSSR count). The second-order valence-corrected chi connectivity index (χ2v) is 5.70. The van der Waals surface area contributed by atoms with Gasteiger partial charge in [0.2, 0.25) is 0 Å². The lowest BCUT2D eigenvalue weighted by Gasteiger charge is -2.34. The van der Waals surface area contributed by atoms with Crippen molar-refractivity contribution in [3.8, 4) is 6.07 Å². The fraction of sp³-hybridized carbons (Fsp3) is 0.500. The average Bonchev–Trinajstić information content (AvgIpc) is 2.42. The largest absolute Gasteiger partial charge is 0.334 e. The number of nitriles is 1. The molecule has 3 heteroatoms. The predicted molar refractivity (Wildman–Crippen MR) is 74.6 cm³/mol. The fourth-order valence-electron chi connectivity index (χ4n) is 2.60. The van der Waals surface area contributed by atoms with E-state index in [1.165, 1.54) is 0 Å². The minimum Gasteiger partial charge on any atom is -0.334 e. The molecule has 1 amide bonds. The quantitative estimate of drug-likeness (QED) is 0.883. The molecular weight excluding hydrogens is 236 g/mol. The summed E-state index contributed by atoms with van der Waals surface area (Å²) in [4.78, 5) is 12.2. The van der Waals surface area contributed by atoms with E-state index in [1.807, 2.05) is 25.1 Å². The molecule has 0 heterocycles. The summed E-state index contributed by atoms with van der Waals surface area (Å²) < 4.78 is 0. The summed E-state index contributed by atoms with van der Waals surface area (Å²) in [5.41, 5.74) is 1.01. The Labute approximate surface area is 114 Å². The molecule has 0 unspecified atom stereocenters. The van der Waals surface area contributed by atoms with Crippen molar-refractivity contribution < 1.29 is 4.79 Å². The summed E-state index contributed by atoms with van der Waals surface area (Å²) in [5, 5.41) is 12.4. The van der Waals surface area contributed by atoms with Crippen molar-refractivity contribution >= 4 is 5.91 Å². The first-order valence-corrected chi connectivity index (χ1v) is 6.85. The van der Waals surface area contributed by atoms with Gasteiger partial charge in [-0.1, -0.05) is 24.6 Å². The van der Waals surface area contributed by atoms with Crippen molar-refractivity contribution in [1.29, 1.82) is 5.26 Å². The molecule has 1 aliphatic carbocycles. The lowest BCUT2D eigenvalue weighted by Crippen LogP contribution is -2.49. The van der Waals surface area contributed by atoms with Gasteiger partial charge in [0.25, 0.3) is 5.91 Å². The fourth-order valence-corrected chi connectivity index (χ4v) is 2.60. The van der Waals surface area contributed by atoms with E-state index in [-0.39, 0.29) is 5.91 Å². The first-order valence-electron chi connectivity index (χ1n) is 6.85. The number of hydrogen-bond acceptors (Lipinski definition) is 2. The van der Waals surface area contributed by atoms with Crippen molar-refractivity contribution in [2.75, 3.05) is 0 Å². The van der Waals surface area contributed by atoms with Gasteiger partial charge in [-0.3, -0.25) is 4.79 Å². The zero-order valence-electron chi connectivity index (χ0n) is 11.6. The van der Waals surface area contributed by atoms with E-state index in [0.717, 1.165) is 31.2 Å². The van der Waals surface area contributed by atoms with Crippen LogP contribution in [0.5, 0.6) is 0 Å². The second-order valence-electron chi connectivity index (χ2n) is 5.70. The van der Waals surface area contributed by atoms with E-state index in [9.17, 15) is 10.1 Å². The Morgan fingerprint density at radius 3 is 2.68 bits per heavy atom. The number of nitrogens with zero attached hydrogens (tertiary/aromatic N) is 1. The zero-order valence-corrected chi connectivity index (χ0v) is 11.6. The van der Waals surface area contributed by atoms with Crippen molar-refractivity contribution in [2.24, 2.45) is 5.92 Å². The van der Waals surface area contributed by atoms with E-state index in [0.29, 0.717) is 11.5 Å². The molecule has 19 heavy (non-hydrogen) atoms. The van der Waals surface area contributed by atoms with Crippen molar-refractivity contribution in [3.05, 3.63) is 35.4 Å². The van der Waals surface area contributed by atoms with Crippen LogP contribution in [-0.2, 0) is 0 Å². The molecule has 0 saturated heterocycles. The SMILES string of the molecule is Cc1cccc(C(=O)NC2(C#N)CCC(C)CC2)c1. The van der Waals surface area contributed by atoms with Crippen LogP contribution in [-0.4, -0.2) is 11.4 Å². The highest BCUT2D eigenvalue weighted by atomic mass is 16.1. The van der Waals surface area contributed by atoms with Crippen LogP contribution in [0.4, 0.5) is 0 Å². The summed E-state index contributed by atoms with van der Waals surface area (Å²) in [6.45, 7) is 4.16. The Morgan fingerprint density at radius 1 is 1.42 bits per heavy atom. The molecule has 1 fully saturated rings. The maximum absolute atomic E-state index is 12.2. The van der Waals surface area contributed by atoms with Gasteiger partial charge in [-0.15, -0.1) is 0 Å². The van der Waals surface area contributed by atoms with Gasteiger partial charge in [0.05, 0.1) is 6.07 Å². The standard InChI is InChI=1S/C16H20N2O/c1-12-6-8-16(11-17,9-7-12)18-15(19)14-5-3-4-13(2)10-14/h3-5,10,12H,6-9H2,1-2H3,(H,18,19). The van der Waals surface area contributed by atoms with Crippen LogP contribution >= 0.6 is 0 Å². The van der Waals surface area contributed by atoms with E-state index in [2.05, 4.69) is 18.3 Å². The third-order valence-corrected chi connectivity index (χ3v) is 3.97. The number of nitrogens with one attached hydrogen (secondary N) is 1. The van der Waals surface area contributed by atoms with Crippen molar-refractivity contribution in [2.45, 2.75) is 45.1 Å². The van der Waals surface area contributed by atoms with Crippen LogP contribution in [0.3, 0.4) is 0 Å². The third-order valence-electron chi connectivity index (χ3n) is 3.97. The van der Waals surface area contributed by atoms with Crippen molar-refractivity contribution in [3.63, 3.8) is 0 Å². The van der Waals surface area contributed by atoms with Crippen LogP contribution in [0.2, 0.25) is 0 Å². The van der Waals surface area contributed by atoms with E-state index in [1.54, 1.807) is 6.07 Å². The predicted octanol–water partition coefficient (Wildman–Crippen LogP) is 3.20. The van der Waals surface area contributed by atoms with Gasteiger partial charge in [-0.05, 0) is 50.7 Å². The Morgan fingerprint density at radius 2 is 2.11 bits per heavy atom. The van der Waals surface area contributed by atoms with Gasteiger partial charge in [0.1, 0.15) is 5.54 Å². The van der Waals surface area contributed by atoms with Gasteiger partial charge in [0.15, 0.2) is 0 Å². The van der Waals surface area contributed by atoms with Crippen LogP contribution < -0.4 is 5.32 Å². The minimum atomic E-state index is -0.673. The monoisotopic (exact) mass is 256 g/mol. The molecule has 100 valence electrons. The van der Waals surface area contributed by atoms with E-state index >= 15 is 0 Å². The molecule has 0 aromatic heterocycles. The van der Waals surface area contributed by atoms with Gasteiger partial charge < -0.3 is 5.32 Å². The lowest BCUT2D eigenvalue weighted by atomic mass is 9.78. The van der Waals surface area contributed by atoms with E-state index in [4.69, 9.17) is 0 Å². The summed E-state index contributed by atoms with van der Waals surface area (Å²) in [7, 11) is 0. The number of hydrogen-bond donors (Lipinski definition) is 1. The lowest BCUT2D eigenvalue weighted by molar-refractivity contribution is 0.0894. The smallest absolute Gasteiger partial charge is 0.252 e. The maximum atomic E-state index is 12.2. The number of benzene rings is 1. The Hall–Kier alpha value is -1.82. The first-order chi connectivity index (χ1) is 9.04. The topological polar surface area (TPSA) is 52.9 Å². The average molecular weight is 256 g/mol. The first kappa shape index (κ1) is 13.6. The van der Waals surface area contributed by atoms with Crippen molar-refractivity contribution in [1.82, 2.24) is 5.32 Å². The van der Waals surface area contributed by atoms with Crippen LogP contribution in [0.15, 0.2) is 24.3 Å². The zero-order chi connectivity index (χ0) is 13.9. The molecule has 1 N–H and O–H groups in total. The van der Waals surface area contributed by atoms with Gasteiger partial charge in [-0.2, -0.15) is 5.26 Å². The molecule has 1 aromatic carbocycles. The number of amides is 1. The third kappa shape index (κ3) is 3.14. The second kappa shape index (κ2) is 5.44. The highest BCUT2D eigenvalue weighted by molar-refractivity contribution is 5.95. The van der Waals surface area contributed by atoms with Gasteiger partial charge in [0, 0.05) is 5.56 Å². The highest BCUT2D eigenvalue weighted by Gasteiger charge is 2.35. The molecule has 3 nitrogen and oxygen atoms in total. The highest BCUT2D eigenvalue weighted by Crippen LogP contribution is 2.31. The molecule has 0 bridgehead atoms. The normalized spacial score (nSPS) is 26.5. The molecular formula is C16H20N2O. The Bertz CT molecular complexity index is 508. The summed E-state index contributed by atoms with van der Waals surface area (Å²) in [5.74, 6) is 0.511. The van der Waals surface area contributed by atoms with Gasteiger partial charge >= 0.3 is 0 Å². The van der Waals surface area contributed by atoms with Crippen LogP contribution in [0.25, 0.3) is 0 Å².